The molecule has 3 aromatic rings. The highest BCUT2D eigenvalue weighted by molar-refractivity contribution is 6.03. The number of guanidine groups is 1. The van der Waals surface area contributed by atoms with Crippen molar-refractivity contribution in [1.29, 1.82) is 5.41 Å². The molecule has 15 atom stereocenters. The van der Waals surface area contributed by atoms with Gasteiger partial charge >= 0.3 is 5.97 Å². The minimum absolute atomic E-state index is 0.0224. The van der Waals surface area contributed by atoms with Gasteiger partial charge in [-0.2, -0.15) is 0 Å². The lowest BCUT2D eigenvalue weighted by atomic mass is 9.91. The van der Waals surface area contributed by atoms with Crippen LogP contribution < -0.4 is 114 Å². The minimum Gasteiger partial charge on any atom is -0.481 e. The highest BCUT2D eigenvalue weighted by Crippen LogP contribution is 2.24. The first-order valence-corrected chi connectivity index (χ1v) is 44.5. The summed E-state index contributed by atoms with van der Waals surface area (Å²) in [7, 11) is 1.38. The Hall–Kier alpha value is -13.2. The lowest BCUT2D eigenvalue weighted by Gasteiger charge is -2.34. The Kier molecular flexibility index (Phi) is 47.1. The van der Waals surface area contributed by atoms with E-state index in [4.69, 9.17) is 34.1 Å². The fourth-order valence-electron chi connectivity index (χ4n) is 14.6. The zero-order valence-corrected chi connectivity index (χ0v) is 77.1. The molecule has 0 fully saturated rings. The Balaban J connectivity index is 1.98. The number of hydrogen-bond acceptors (Lipinski definition) is 23. The van der Waals surface area contributed by atoms with Crippen LogP contribution in [0.1, 0.15) is 195 Å². The van der Waals surface area contributed by atoms with E-state index in [0.29, 0.717) is 34.9 Å². The molecule has 736 valence electrons. The fourth-order valence-corrected chi connectivity index (χ4v) is 14.6. The van der Waals surface area contributed by atoms with Crippen LogP contribution in [0.15, 0.2) is 72.9 Å². The Morgan fingerprint density at radius 2 is 1.07 bits per heavy atom. The molecule has 1 aliphatic rings. The summed E-state index contributed by atoms with van der Waals surface area (Å²) in [5, 5.41) is 80.1. The number of aromatic nitrogens is 1. The largest absolute Gasteiger partial charge is 0.481 e. The van der Waals surface area contributed by atoms with Crippen LogP contribution >= 0.6 is 0 Å². The molecule has 0 aliphatic carbocycles. The van der Waals surface area contributed by atoms with Crippen molar-refractivity contribution >= 4 is 129 Å². The summed E-state index contributed by atoms with van der Waals surface area (Å²) >= 11 is 0. The van der Waals surface area contributed by atoms with Gasteiger partial charge in [-0.25, -0.2) is 0 Å². The number of aromatic amines is 1. The fraction of sp³-hybridized carbons (Fsp3) is 0.591. The van der Waals surface area contributed by atoms with Gasteiger partial charge in [0.05, 0.1) is 32.1 Å². The molecule has 133 heavy (non-hydrogen) atoms. The van der Waals surface area contributed by atoms with Gasteiger partial charge in [0.1, 0.15) is 83.6 Å². The van der Waals surface area contributed by atoms with Gasteiger partial charge in [-0.3, -0.25) is 96.5 Å². The zero-order valence-electron chi connectivity index (χ0n) is 77.1. The molecule has 0 radical (unpaired) electrons. The third-order valence-corrected chi connectivity index (χ3v) is 21.9. The second-order valence-corrected chi connectivity index (χ2v) is 35.0. The van der Waals surface area contributed by atoms with Gasteiger partial charge in [0.2, 0.25) is 106 Å². The number of carboxylic acid groups (broad SMARTS) is 1. The van der Waals surface area contributed by atoms with E-state index in [1.807, 2.05) is 0 Å². The monoisotopic (exact) mass is 1870 g/mol. The number of para-hydroxylation sites is 1. The van der Waals surface area contributed by atoms with Crippen LogP contribution in [-0.4, -0.2) is 255 Å². The van der Waals surface area contributed by atoms with Crippen molar-refractivity contribution in [2.75, 3.05) is 26.7 Å². The normalized spacial score (nSPS) is 21.5. The van der Waals surface area contributed by atoms with Crippen molar-refractivity contribution in [3.8, 4) is 0 Å². The van der Waals surface area contributed by atoms with Gasteiger partial charge in [0, 0.05) is 49.3 Å². The average Bonchev–Trinajstić information content (AvgIpc) is 1.81. The second-order valence-electron chi connectivity index (χ2n) is 35.0. The molecule has 45 heteroatoms. The van der Waals surface area contributed by atoms with Crippen LogP contribution in [0.5, 0.6) is 0 Å². The number of H-pyrrole nitrogens is 1. The molecule has 31 N–H and O–H groups in total. The molecular weight excluding hydrogens is 1730 g/mol. The van der Waals surface area contributed by atoms with Crippen molar-refractivity contribution in [3.05, 3.63) is 84.1 Å². The Labute approximate surface area is 771 Å². The predicted octanol–water partition coefficient (Wildman–Crippen LogP) is -4.43. The van der Waals surface area contributed by atoms with Gasteiger partial charge in [-0.15, -0.1) is 0 Å². The molecule has 0 saturated carbocycles. The molecule has 45 nitrogen and oxygen atoms in total. The average molecular weight is 1870 g/mol. The lowest BCUT2D eigenvalue weighted by Crippen LogP contribution is -2.65. The molecule has 1 aromatic heterocycles. The zero-order chi connectivity index (χ0) is 99.6. The van der Waals surface area contributed by atoms with Crippen LogP contribution in [0.3, 0.4) is 0 Å². The number of rotatable bonds is 42. The maximum absolute atomic E-state index is 15.5. The Morgan fingerprint density at radius 3 is 1.62 bits per heavy atom. The molecule has 4 rings (SSSR count). The number of carbonyl (C=O) groups excluding carboxylic acids is 18. The van der Waals surface area contributed by atoms with Crippen LogP contribution in [-0.2, 0) is 104 Å². The number of aliphatic hydroxyl groups is 2. The number of nitrogens with two attached hydrogens (primary N) is 5. The van der Waals surface area contributed by atoms with E-state index in [2.05, 4.69) is 90.1 Å². The third-order valence-electron chi connectivity index (χ3n) is 21.9. The number of fused-ring (bicyclic) bond motifs is 1. The van der Waals surface area contributed by atoms with Crippen LogP contribution in [0, 0.1) is 23.2 Å². The molecule has 18 amide bonds. The topological polar surface area (TPSA) is 747 Å². The number of carbonyl (C=O) groups is 19. The second kappa shape index (κ2) is 55.9. The highest BCUT2D eigenvalue weighted by Gasteiger charge is 2.44. The Morgan fingerprint density at radius 1 is 0.534 bits per heavy atom. The number of allylic oxidation sites excluding steroid dienone is 2. The molecule has 1 aliphatic heterocycles. The molecular formula is C88H137N23O22. The number of carboxylic acids is 1. The standard InChI is InChI=1S/C88H137N23O22/c1-47(2)37-59-77(125)104-61(39-49(5)6)81(129)110-87(8,84(132)107-57(31-33-70(118)119)75(123)101-58(72(92)120)42-67(90)115)34-22-15-13-11-12-14-16-23-35-88(9,111-82(130)62(40-51-25-18-17-19-26-51)106-83(131)71(50(7)113)109-76(124)56(30-32-66(89)114)99-69(117)45-98-73(121)65(46-112)95-10)85(133)108-64(43-68(91)116)80(128)103-60(38-48(3)4)78(126)105-63(41-52-44-97-54-28-21-20-27-53(52)54)79(127)100-55(74(122)102-59)29-24-36-96-86(93)94/h11,13,17-21,25-28,44,47-50,55-65,71,95,97,112-113H,12,14-16,22-24,29-43,45-46H2,1-10H3,(H2,89,114)(H2,90,115)(H2,91,116)(H2,92,120)(H,98,121)(H,99,117)(H,100,127)(H,101,123)(H,102,122)(H,103,128)(H,104,125)(H,105,126)(H,106,131)(H,107,132)(H,108,133)(H,109,124)(H,110,129)(H,111,130)(H,118,119)(H4,93,94,96)/b13-11-/t50-,55+,56+,57+,58+,59+,60+,61+,62+,63+,64+,65+,71+,87+,88?/m1/s1. The number of amides is 18. The maximum atomic E-state index is 15.5. The van der Waals surface area contributed by atoms with Gasteiger partial charge in [0.25, 0.3) is 0 Å². The van der Waals surface area contributed by atoms with Gasteiger partial charge < -0.3 is 134 Å². The van der Waals surface area contributed by atoms with Crippen LogP contribution in [0.25, 0.3) is 10.9 Å². The Bertz CT molecular complexity index is 4560. The van der Waals surface area contributed by atoms with E-state index < -0.39 is 266 Å². The number of nitrogens with one attached hydrogen (secondary N) is 18. The molecule has 1 unspecified atom stereocenters. The number of benzene rings is 2. The van der Waals surface area contributed by atoms with Crippen LogP contribution in [0.2, 0.25) is 0 Å². The molecule has 0 spiro atoms. The molecule has 2 heterocycles. The van der Waals surface area contributed by atoms with Crippen molar-refractivity contribution in [3.63, 3.8) is 0 Å². The summed E-state index contributed by atoms with van der Waals surface area (Å²) in [5.41, 5.74) is 25.0. The van der Waals surface area contributed by atoms with E-state index in [-0.39, 0.29) is 102 Å². The van der Waals surface area contributed by atoms with Gasteiger partial charge in [0.15, 0.2) is 5.96 Å². The van der Waals surface area contributed by atoms with E-state index in [0.717, 1.165) is 6.92 Å². The van der Waals surface area contributed by atoms with Gasteiger partial charge in [-0.1, -0.05) is 115 Å². The summed E-state index contributed by atoms with van der Waals surface area (Å²) in [5.74, 6) is -21.8. The van der Waals surface area contributed by atoms with E-state index in [9.17, 15) is 63.3 Å². The summed E-state index contributed by atoms with van der Waals surface area (Å²) in [6.07, 6.45) is -1.00. The van der Waals surface area contributed by atoms with E-state index >= 15 is 43.2 Å². The first kappa shape index (κ1) is 112. The van der Waals surface area contributed by atoms with Crippen molar-refractivity contribution in [1.82, 2.24) is 90.1 Å². The minimum atomic E-state index is -2.16. The van der Waals surface area contributed by atoms with E-state index in [1.165, 1.54) is 20.9 Å². The summed E-state index contributed by atoms with van der Waals surface area (Å²) < 4.78 is 0. The number of hydrogen-bond donors (Lipinski definition) is 26. The molecule has 0 bridgehead atoms. The van der Waals surface area contributed by atoms with Crippen molar-refractivity contribution < 1.29 is 106 Å². The molecule has 2 aromatic carbocycles. The number of aliphatic hydroxyl groups excluding tert-OH is 2. The first-order valence-electron chi connectivity index (χ1n) is 44.5. The third kappa shape index (κ3) is 39.8. The summed E-state index contributed by atoms with van der Waals surface area (Å²) in [4.78, 5) is 271. The first-order chi connectivity index (χ1) is 62.6. The maximum Gasteiger partial charge on any atom is 0.303 e. The lowest BCUT2D eigenvalue weighted by molar-refractivity contribution is -0.140. The number of likely N-dealkylation sites (N-methyl/N-ethyl adjacent to an activating group) is 1. The van der Waals surface area contributed by atoms with Gasteiger partial charge in [-0.05, 0) is 146 Å². The van der Waals surface area contributed by atoms with E-state index in [1.54, 1.807) is 114 Å². The smallest absolute Gasteiger partial charge is 0.303 e. The van der Waals surface area contributed by atoms with Crippen molar-refractivity contribution in [2.45, 2.75) is 287 Å². The quantitative estimate of drug-likeness (QED) is 0.0110. The summed E-state index contributed by atoms with van der Waals surface area (Å²) in [6.45, 7) is 12.7. The predicted molar refractivity (Wildman–Crippen MR) is 487 cm³/mol. The molecule has 0 saturated heterocycles. The van der Waals surface area contributed by atoms with Crippen molar-refractivity contribution in [2.24, 2.45) is 46.4 Å². The highest BCUT2D eigenvalue weighted by atomic mass is 16.4. The SMILES string of the molecule is CN[C@@H](CO)C(=O)NCC(=O)N[C@@H](CCC(N)=O)C(=O)N[C@H](C(=O)N[C@@H](Cc1ccccc1)C(=O)NC1(C)CCCCC/C=C\CCC[C@@](C)(C(=O)N[C@@H](CCC(=O)O)C(=O)N[C@@H](CC(N)=O)C(N)=O)NC(=O)[C@H](CC(C)C)NC(=O)[C@H](CC(C)C)NC(=O)[C@H](CCCNC(=N)N)NC(=O)[C@H](Cc2c[nH]c3ccccc23)NC(=O)[C@H](CC(C)C)NC(=O)[C@H](CC(N)=O)NC1=O)[C@@H](C)O. The van der Waals surface area contributed by atoms with Crippen LogP contribution in [0.4, 0.5) is 0 Å². The number of primary amides is 4. The summed E-state index contributed by atoms with van der Waals surface area (Å²) in [6, 6.07) is -4.57. The number of aliphatic carboxylic acids is 1.